The second kappa shape index (κ2) is 5.50. The van der Waals surface area contributed by atoms with Gasteiger partial charge in [0, 0.05) is 0 Å². The van der Waals surface area contributed by atoms with Crippen molar-refractivity contribution in [2.45, 2.75) is 18.2 Å². The fourth-order valence-electron chi connectivity index (χ4n) is 1.81. The predicted molar refractivity (Wildman–Crippen MR) is 77.4 cm³/mol. The van der Waals surface area contributed by atoms with Crippen LogP contribution in [0.25, 0.3) is 0 Å². The summed E-state index contributed by atoms with van der Waals surface area (Å²) in [6, 6.07) is 10.5. The zero-order chi connectivity index (χ0) is 14.8. The Balaban J connectivity index is 2.38. The monoisotopic (exact) mass is 294 g/mol. The van der Waals surface area contributed by atoms with Gasteiger partial charge in [-0.3, -0.25) is 4.72 Å². The van der Waals surface area contributed by atoms with Crippen LogP contribution in [-0.2, 0) is 16.4 Å². The predicted octanol–water partition coefficient (Wildman–Crippen LogP) is 2.77. The summed E-state index contributed by atoms with van der Waals surface area (Å²) >= 11 is 0. The molecule has 2 rings (SSSR count). The highest BCUT2D eigenvalue weighted by Crippen LogP contribution is 2.22. The first-order valence-corrected chi connectivity index (χ1v) is 7.58. The van der Waals surface area contributed by atoms with Gasteiger partial charge in [-0.25, -0.2) is 12.8 Å². The molecule has 6 heteroatoms. The molecule has 3 N–H and O–H groups in total. The maximum absolute atomic E-state index is 13.4. The topological polar surface area (TPSA) is 72.2 Å². The van der Waals surface area contributed by atoms with Crippen molar-refractivity contribution in [3.8, 4) is 0 Å². The summed E-state index contributed by atoms with van der Waals surface area (Å²) in [5.74, 6) is -0.753. The number of halogens is 1. The van der Waals surface area contributed by atoms with Crippen LogP contribution < -0.4 is 10.5 Å². The van der Waals surface area contributed by atoms with Gasteiger partial charge in [0.2, 0.25) is 0 Å². The van der Waals surface area contributed by atoms with E-state index in [9.17, 15) is 12.8 Å². The lowest BCUT2D eigenvalue weighted by atomic mass is 10.1. The Kier molecular flexibility index (Phi) is 3.94. The molecule has 4 nitrogen and oxygen atoms in total. The molecule has 0 fully saturated rings. The van der Waals surface area contributed by atoms with Gasteiger partial charge in [0.15, 0.2) is 0 Å². The van der Waals surface area contributed by atoms with Crippen LogP contribution in [0.5, 0.6) is 0 Å². The van der Waals surface area contributed by atoms with Crippen molar-refractivity contribution in [2.24, 2.45) is 0 Å². The summed E-state index contributed by atoms with van der Waals surface area (Å²) in [7, 11) is -3.83. The number of benzene rings is 2. The normalized spacial score (nSPS) is 11.3. The Morgan fingerprint density at radius 3 is 2.55 bits per heavy atom. The Hall–Kier alpha value is -2.08. The maximum Gasteiger partial charge on any atom is 0.262 e. The molecule has 0 amide bonds. The van der Waals surface area contributed by atoms with Crippen molar-refractivity contribution in [1.29, 1.82) is 0 Å². The molecule has 0 atom stereocenters. The van der Waals surface area contributed by atoms with E-state index in [0.29, 0.717) is 12.1 Å². The van der Waals surface area contributed by atoms with Gasteiger partial charge in [0.1, 0.15) is 5.82 Å². The summed E-state index contributed by atoms with van der Waals surface area (Å²) in [4.78, 5) is -0.157. The van der Waals surface area contributed by atoms with E-state index in [2.05, 4.69) is 4.72 Å². The number of hydrogen-bond acceptors (Lipinski definition) is 3. The molecule has 0 aliphatic rings. The number of nitrogens with two attached hydrogens (primary N) is 1. The number of nitrogens with one attached hydrogen (secondary N) is 1. The minimum Gasteiger partial charge on any atom is -0.396 e. The number of hydrogen-bond donors (Lipinski definition) is 2. The molecule has 0 spiro atoms. The summed E-state index contributed by atoms with van der Waals surface area (Å²) in [6.45, 7) is 1.93. The van der Waals surface area contributed by atoms with Gasteiger partial charge in [-0.15, -0.1) is 0 Å². The third-order valence-corrected chi connectivity index (χ3v) is 4.29. The van der Waals surface area contributed by atoms with Gasteiger partial charge in [-0.2, -0.15) is 0 Å². The van der Waals surface area contributed by atoms with Crippen LogP contribution in [0, 0.1) is 5.82 Å². The minimum absolute atomic E-state index is 0.0853. The molecule has 2 aromatic rings. The number of rotatable bonds is 4. The van der Waals surface area contributed by atoms with E-state index in [0.717, 1.165) is 11.6 Å². The highest BCUT2D eigenvalue weighted by atomic mass is 32.2. The molecule has 0 radical (unpaired) electrons. The van der Waals surface area contributed by atoms with Crippen LogP contribution in [0.4, 0.5) is 15.8 Å². The lowest BCUT2D eigenvalue weighted by Gasteiger charge is -2.12. The van der Waals surface area contributed by atoms with Crippen LogP contribution in [0.15, 0.2) is 47.4 Å². The lowest BCUT2D eigenvalue weighted by molar-refractivity contribution is 0.596. The van der Waals surface area contributed by atoms with Gasteiger partial charge < -0.3 is 5.73 Å². The van der Waals surface area contributed by atoms with Gasteiger partial charge in [0.05, 0.1) is 16.3 Å². The highest BCUT2D eigenvalue weighted by Gasteiger charge is 2.17. The van der Waals surface area contributed by atoms with Crippen LogP contribution in [-0.4, -0.2) is 8.42 Å². The van der Waals surface area contributed by atoms with Crippen molar-refractivity contribution in [3.05, 3.63) is 53.8 Å². The van der Waals surface area contributed by atoms with E-state index in [-0.39, 0.29) is 10.6 Å². The van der Waals surface area contributed by atoms with E-state index in [1.54, 1.807) is 12.1 Å². The van der Waals surface area contributed by atoms with E-state index >= 15 is 0 Å². The SMILES string of the molecule is CCc1ccccc1NS(=O)(=O)c1ccc(N)c(F)c1. The van der Waals surface area contributed by atoms with Crippen molar-refractivity contribution >= 4 is 21.4 Å². The second-order valence-electron chi connectivity index (χ2n) is 4.30. The molecule has 0 saturated heterocycles. The molecule has 0 saturated carbocycles. The molecule has 0 unspecified atom stereocenters. The Labute approximate surface area is 117 Å². The van der Waals surface area contributed by atoms with Crippen molar-refractivity contribution in [2.75, 3.05) is 10.5 Å². The summed E-state index contributed by atoms with van der Waals surface area (Å²) < 4.78 is 40.3. The van der Waals surface area contributed by atoms with E-state index in [1.807, 2.05) is 19.1 Å². The van der Waals surface area contributed by atoms with Crippen LogP contribution in [0.3, 0.4) is 0 Å². The number of anilines is 2. The standard InChI is InChI=1S/C14H15FN2O2S/c1-2-10-5-3-4-6-14(10)17-20(18,19)11-7-8-13(16)12(15)9-11/h3-9,17H,2,16H2,1H3. The van der Waals surface area contributed by atoms with Gasteiger partial charge >= 0.3 is 0 Å². The third-order valence-electron chi connectivity index (χ3n) is 2.92. The first-order valence-electron chi connectivity index (χ1n) is 6.10. The number of para-hydroxylation sites is 1. The fourth-order valence-corrected chi connectivity index (χ4v) is 2.92. The van der Waals surface area contributed by atoms with Gasteiger partial charge in [0.25, 0.3) is 10.0 Å². The number of nitrogen functional groups attached to an aromatic ring is 1. The smallest absolute Gasteiger partial charge is 0.262 e. The molecule has 0 aliphatic carbocycles. The maximum atomic E-state index is 13.4. The van der Waals surface area contributed by atoms with Gasteiger partial charge in [-0.1, -0.05) is 25.1 Å². The van der Waals surface area contributed by atoms with Crippen molar-refractivity contribution in [3.63, 3.8) is 0 Å². The molecule has 0 bridgehead atoms. The Morgan fingerprint density at radius 2 is 1.90 bits per heavy atom. The van der Waals surface area contributed by atoms with Crippen LogP contribution in [0.2, 0.25) is 0 Å². The molecule has 0 aromatic heterocycles. The minimum atomic E-state index is -3.83. The highest BCUT2D eigenvalue weighted by molar-refractivity contribution is 7.92. The van der Waals surface area contributed by atoms with E-state index < -0.39 is 15.8 Å². The first kappa shape index (κ1) is 14.3. The van der Waals surface area contributed by atoms with Crippen molar-refractivity contribution in [1.82, 2.24) is 0 Å². The fraction of sp³-hybridized carbons (Fsp3) is 0.143. The second-order valence-corrected chi connectivity index (χ2v) is 5.98. The molecule has 20 heavy (non-hydrogen) atoms. The van der Waals surface area contributed by atoms with Crippen LogP contribution in [0.1, 0.15) is 12.5 Å². The average Bonchev–Trinajstić information content (AvgIpc) is 2.42. The lowest BCUT2D eigenvalue weighted by Crippen LogP contribution is -2.14. The summed E-state index contributed by atoms with van der Waals surface area (Å²) in [6.07, 6.45) is 0.689. The van der Waals surface area contributed by atoms with E-state index in [1.165, 1.54) is 12.1 Å². The Bertz CT molecular complexity index is 730. The third kappa shape index (κ3) is 2.91. The van der Waals surface area contributed by atoms with Gasteiger partial charge in [-0.05, 0) is 36.2 Å². The molecular weight excluding hydrogens is 279 g/mol. The summed E-state index contributed by atoms with van der Waals surface area (Å²) in [5, 5.41) is 0. The largest absolute Gasteiger partial charge is 0.396 e. The molecule has 2 aromatic carbocycles. The zero-order valence-corrected chi connectivity index (χ0v) is 11.7. The average molecular weight is 294 g/mol. The van der Waals surface area contributed by atoms with Crippen molar-refractivity contribution < 1.29 is 12.8 Å². The molecule has 0 aliphatic heterocycles. The molecule has 0 heterocycles. The number of sulfonamides is 1. The van der Waals surface area contributed by atoms with Crippen LogP contribution >= 0.6 is 0 Å². The number of aryl methyl sites for hydroxylation is 1. The van der Waals surface area contributed by atoms with E-state index in [4.69, 9.17) is 5.73 Å². The quantitative estimate of drug-likeness (QED) is 0.852. The molecule has 106 valence electrons. The zero-order valence-electron chi connectivity index (χ0n) is 10.9. The first-order chi connectivity index (χ1) is 9.44. The summed E-state index contributed by atoms with van der Waals surface area (Å²) in [5.41, 5.74) is 6.62. The Morgan fingerprint density at radius 1 is 1.20 bits per heavy atom. The molecular formula is C14H15FN2O2S.